The lowest BCUT2D eigenvalue weighted by Gasteiger charge is -2.35. The van der Waals surface area contributed by atoms with Crippen LogP contribution in [-0.4, -0.2) is 36.3 Å². The summed E-state index contributed by atoms with van der Waals surface area (Å²) >= 11 is 0. The van der Waals surface area contributed by atoms with Gasteiger partial charge >= 0.3 is 0 Å². The van der Waals surface area contributed by atoms with Crippen LogP contribution in [0, 0.1) is 0 Å². The minimum absolute atomic E-state index is 0.0337. The lowest BCUT2D eigenvalue weighted by atomic mass is 9.86. The van der Waals surface area contributed by atoms with Crippen LogP contribution < -0.4 is 0 Å². The third-order valence-electron chi connectivity index (χ3n) is 5.38. The number of benzene rings is 1. The number of hydrogen-bond donors (Lipinski definition) is 2. The molecule has 4 rings (SSSR count). The summed E-state index contributed by atoms with van der Waals surface area (Å²) in [6, 6.07) is 6.00. The van der Waals surface area contributed by atoms with Gasteiger partial charge in [-0.1, -0.05) is 32.9 Å². The van der Waals surface area contributed by atoms with Crippen molar-refractivity contribution in [3.05, 3.63) is 65.0 Å². The predicted molar refractivity (Wildman–Crippen MR) is 105 cm³/mol. The Kier molecular flexibility index (Phi) is 4.30. The zero-order valence-corrected chi connectivity index (χ0v) is 16.4. The molecule has 6 nitrogen and oxygen atoms in total. The van der Waals surface area contributed by atoms with Crippen molar-refractivity contribution in [3.8, 4) is 5.75 Å². The third kappa shape index (κ3) is 3.37. The molecule has 1 aromatic carbocycles. The number of nitrogens with one attached hydrogen (secondary N) is 1. The molecule has 0 saturated carbocycles. The summed E-state index contributed by atoms with van der Waals surface area (Å²) in [5.74, 6) is 0.348. The van der Waals surface area contributed by atoms with Crippen molar-refractivity contribution in [3.63, 3.8) is 0 Å². The number of aromatic amines is 1. The largest absolute Gasteiger partial charge is 0.508 e. The lowest BCUT2D eigenvalue weighted by Crippen LogP contribution is -2.35. The zero-order valence-electron chi connectivity index (χ0n) is 16.4. The molecule has 2 N–H and O–H groups in total. The van der Waals surface area contributed by atoms with E-state index < -0.39 is 0 Å². The minimum atomic E-state index is 0.0337. The Morgan fingerprint density at radius 2 is 2.11 bits per heavy atom. The molecule has 1 aliphatic rings. The normalized spacial score (nSPS) is 17.9. The quantitative estimate of drug-likeness (QED) is 0.747. The molecule has 0 unspecified atom stereocenters. The fourth-order valence-corrected chi connectivity index (χ4v) is 3.84. The highest BCUT2D eigenvalue weighted by atomic mass is 16.3. The average molecular weight is 365 g/mol. The molecule has 6 heteroatoms. The number of H-pyrrole nitrogens is 1. The molecule has 0 fully saturated rings. The first-order valence-corrected chi connectivity index (χ1v) is 9.40. The van der Waals surface area contributed by atoms with E-state index in [4.69, 9.17) is 0 Å². The summed E-state index contributed by atoms with van der Waals surface area (Å²) in [6.07, 6.45) is 6.65. The second kappa shape index (κ2) is 6.53. The summed E-state index contributed by atoms with van der Waals surface area (Å²) in [4.78, 5) is 10.2. The van der Waals surface area contributed by atoms with Crippen LogP contribution in [0.3, 0.4) is 0 Å². The Balaban J connectivity index is 1.71. The number of phenols is 1. The van der Waals surface area contributed by atoms with Crippen molar-refractivity contribution in [1.82, 2.24) is 24.6 Å². The average Bonchev–Trinajstić information content (AvgIpc) is 3.24. The molecular formula is C21H27N5O. The summed E-state index contributed by atoms with van der Waals surface area (Å²) in [6.45, 7) is 8.14. The molecule has 0 aliphatic carbocycles. The molecule has 0 saturated heterocycles. The predicted octanol–water partition coefficient (Wildman–Crippen LogP) is 3.29. The Bertz CT molecular complexity index is 950. The molecule has 2 aromatic heterocycles. The Morgan fingerprint density at radius 3 is 2.81 bits per heavy atom. The number of aryl methyl sites for hydroxylation is 1. The maximum absolute atomic E-state index is 10.5. The van der Waals surface area contributed by atoms with Gasteiger partial charge in [0.2, 0.25) is 0 Å². The summed E-state index contributed by atoms with van der Waals surface area (Å²) in [5.41, 5.74) is 5.59. The number of phenolic OH excluding ortho intramolecular Hbond substituents is 1. The smallest absolute Gasteiger partial charge is 0.120 e. The first kappa shape index (κ1) is 17.8. The van der Waals surface area contributed by atoms with Crippen LogP contribution >= 0.6 is 0 Å². The van der Waals surface area contributed by atoms with Gasteiger partial charge in [-0.3, -0.25) is 9.58 Å². The first-order valence-electron chi connectivity index (χ1n) is 9.40. The number of hydrogen-bond acceptors (Lipinski definition) is 4. The van der Waals surface area contributed by atoms with Crippen molar-refractivity contribution in [2.45, 2.75) is 45.2 Å². The highest BCUT2D eigenvalue weighted by Crippen LogP contribution is 2.36. The van der Waals surface area contributed by atoms with Crippen molar-refractivity contribution in [2.75, 3.05) is 6.54 Å². The molecule has 0 spiro atoms. The molecule has 0 amide bonds. The van der Waals surface area contributed by atoms with Gasteiger partial charge in [0.15, 0.2) is 0 Å². The summed E-state index contributed by atoms with van der Waals surface area (Å²) in [5, 5.41) is 14.8. The van der Waals surface area contributed by atoms with E-state index in [1.165, 1.54) is 11.3 Å². The van der Waals surface area contributed by atoms with E-state index in [9.17, 15) is 5.11 Å². The van der Waals surface area contributed by atoms with E-state index >= 15 is 0 Å². The van der Waals surface area contributed by atoms with E-state index in [0.29, 0.717) is 12.3 Å². The molecule has 3 aromatic rings. The maximum Gasteiger partial charge on any atom is 0.120 e. The maximum atomic E-state index is 10.5. The highest BCUT2D eigenvalue weighted by Gasteiger charge is 2.32. The van der Waals surface area contributed by atoms with Gasteiger partial charge < -0.3 is 10.1 Å². The van der Waals surface area contributed by atoms with Crippen LogP contribution in [0.4, 0.5) is 0 Å². The number of aromatic nitrogens is 4. The Labute approximate surface area is 159 Å². The van der Waals surface area contributed by atoms with Gasteiger partial charge in [-0.05, 0) is 17.0 Å². The van der Waals surface area contributed by atoms with Gasteiger partial charge in [0.25, 0.3) is 0 Å². The molecular weight excluding hydrogens is 338 g/mol. The van der Waals surface area contributed by atoms with Gasteiger partial charge in [-0.15, -0.1) is 0 Å². The molecule has 27 heavy (non-hydrogen) atoms. The van der Waals surface area contributed by atoms with E-state index in [2.05, 4.69) is 46.8 Å². The van der Waals surface area contributed by atoms with Crippen molar-refractivity contribution in [1.29, 1.82) is 0 Å². The van der Waals surface area contributed by atoms with Gasteiger partial charge in [0.1, 0.15) is 5.75 Å². The minimum Gasteiger partial charge on any atom is -0.508 e. The lowest BCUT2D eigenvalue weighted by molar-refractivity contribution is 0.198. The Morgan fingerprint density at radius 1 is 1.30 bits per heavy atom. The Hall–Kier alpha value is -2.60. The third-order valence-corrected chi connectivity index (χ3v) is 5.38. The van der Waals surface area contributed by atoms with Crippen molar-refractivity contribution < 1.29 is 5.11 Å². The number of nitrogens with zero attached hydrogens (tertiary/aromatic N) is 4. The van der Waals surface area contributed by atoms with Crippen LogP contribution in [-0.2, 0) is 25.4 Å². The van der Waals surface area contributed by atoms with E-state index in [0.717, 1.165) is 29.8 Å². The number of aromatic hydroxyl groups is 1. The van der Waals surface area contributed by atoms with Crippen LogP contribution in [0.25, 0.3) is 0 Å². The second-order valence-corrected chi connectivity index (χ2v) is 8.43. The fourth-order valence-electron chi connectivity index (χ4n) is 3.84. The van der Waals surface area contributed by atoms with Gasteiger partial charge in [0, 0.05) is 49.6 Å². The monoisotopic (exact) mass is 365 g/mol. The molecule has 142 valence electrons. The number of rotatable bonds is 3. The number of fused-ring (bicyclic) bond motifs is 1. The second-order valence-electron chi connectivity index (χ2n) is 8.43. The summed E-state index contributed by atoms with van der Waals surface area (Å²) in [7, 11) is 1.93. The molecule has 0 radical (unpaired) electrons. The standard InChI is InChI=1S/C21H27N5O/c1-21(2,3)16-5-6-18(27)14(9-16)12-26-8-7-17-19(23-13-22-17)20(26)15-10-24-25(4)11-15/h5-6,9-11,13,20,27H,7-8,12H2,1-4H3,(H,22,23)/t20-/m1/s1. The fraction of sp³-hybridized carbons (Fsp3) is 0.429. The van der Waals surface area contributed by atoms with Gasteiger partial charge in [-0.25, -0.2) is 4.98 Å². The first-order chi connectivity index (χ1) is 12.8. The van der Waals surface area contributed by atoms with E-state index in [-0.39, 0.29) is 11.5 Å². The van der Waals surface area contributed by atoms with E-state index in [1.54, 1.807) is 6.33 Å². The van der Waals surface area contributed by atoms with Gasteiger partial charge in [0.05, 0.1) is 24.3 Å². The van der Waals surface area contributed by atoms with Crippen LogP contribution in [0.15, 0.2) is 36.9 Å². The van der Waals surface area contributed by atoms with Crippen LogP contribution in [0.5, 0.6) is 5.75 Å². The molecule has 1 aliphatic heterocycles. The molecule has 0 bridgehead atoms. The zero-order chi connectivity index (χ0) is 19.2. The van der Waals surface area contributed by atoms with Crippen molar-refractivity contribution in [2.24, 2.45) is 7.05 Å². The summed E-state index contributed by atoms with van der Waals surface area (Å²) < 4.78 is 1.83. The van der Waals surface area contributed by atoms with Crippen LogP contribution in [0.2, 0.25) is 0 Å². The van der Waals surface area contributed by atoms with Crippen LogP contribution in [0.1, 0.15) is 54.9 Å². The molecule has 1 atom stereocenters. The molecule has 3 heterocycles. The van der Waals surface area contributed by atoms with Gasteiger partial charge in [-0.2, -0.15) is 5.10 Å². The topological polar surface area (TPSA) is 70.0 Å². The van der Waals surface area contributed by atoms with E-state index in [1.807, 2.05) is 36.3 Å². The SMILES string of the molecule is Cn1cc([C@@H]2c3nc[nH]c3CCN2Cc2cc(C(C)(C)C)ccc2O)cn1. The van der Waals surface area contributed by atoms with Crippen molar-refractivity contribution >= 4 is 0 Å². The number of imidazole rings is 1. The highest BCUT2D eigenvalue weighted by molar-refractivity contribution is 5.39.